The summed E-state index contributed by atoms with van der Waals surface area (Å²) in [5.41, 5.74) is 2.62. The molecule has 0 bridgehead atoms. The minimum absolute atomic E-state index is 0.460. The van der Waals surface area contributed by atoms with Crippen molar-refractivity contribution in [3.8, 4) is 17.2 Å². The summed E-state index contributed by atoms with van der Waals surface area (Å²) >= 11 is 0. The minimum Gasteiger partial charge on any atom is -0.493 e. The SMILES string of the molecule is COc1cc2ncnc(Nc3ccc(OCc4ccoc4)cc3)c2cc1OC. The van der Waals surface area contributed by atoms with Crippen LogP contribution in [0.25, 0.3) is 10.9 Å². The summed E-state index contributed by atoms with van der Waals surface area (Å²) in [6.45, 7) is 0.460. The molecule has 0 amide bonds. The molecule has 4 aromatic rings. The van der Waals surface area contributed by atoms with E-state index < -0.39 is 0 Å². The number of methoxy groups -OCH3 is 2. The Morgan fingerprint density at radius 3 is 2.46 bits per heavy atom. The maximum Gasteiger partial charge on any atom is 0.162 e. The third-order valence-corrected chi connectivity index (χ3v) is 4.24. The fraction of sp³-hybridized carbons (Fsp3) is 0.143. The monoisotopic (exact) mass is 377 g/mol. The molecule has 0 aliphatic heterocycles. The van der Waals surface area contributed by atoms with Gasteiger partial charge in [0, 0.05) is 22.7 Å². The molecule has 0 atom stereocenters. The number of anilines is 2. The van der Waals surface area contributed by atoms with Gasteiger partial charge in [-0.2, -0.15) is 0 Å². The van der Waals surface area contributed by atoms with Crippen LogP contribution in [0.15, 0.2) is 65.7 Å². The van der Waals surface area contributed by atoms with E-state index in [1.54, 1.807) is 26.7 Å². The molecule has 2 aromatic heterocycles. The molecule has 28 heavy (non-hydrogen) atoms. The van der Waals surface area contributed by atoms with E-state index in [-0.39, 0.29) is 0 Å². The van der Waals surface area contributed by atoms with Crippen molar-refractivity contribution in [3.63, 3.8) is 0 Å². The average molecular weight is 377 g/mol. The molecule has 2 heterocycles. The average Bonchev–Trinajstić information content (AvgIpc) is 3.26. The van der Waals surface area contributed by atoms with E-state index in [9.17, 15) is 0 Å². The standard InChI is InChI=1S/C21H19N3O4/c1-25-19-9-17-18(10-20(19)26-2)22-13-23-21(17)24-15-3-5-16(6-4-15)28-12-14-7-8-27-11-14/h3-11,13H,12H2,1-2H3,(H,22,23,24). The molecular formula is C21H19N3O4. The van der Waals surface area contributed by atoms with Gasteiger partial charge >= 0.3 is 0 Å². The van der Waals surface area contributed by atoms with Crippen molar-refractivity contribution in [2.45, 2.75) is 6.61 Å². The van der Waals surface area contributed by atoms with Gasteiger partial charge in [0.15, 0.2) is 11.5 Å². The number of nitrogens with zero attached hydrogens (tertiary/aromatic N) is 2. The molecule has 7 nitrogen and oxygen atoms in total. The van der Waals surface area contributed by atoms with Gasteiger partial charge in [-0.3, -0.25) is 0 Å². The Hall–Kier alpha value is -3.74. The smallest absolute Gasteiger partial charge is 0.162 e. The van der Waals surface area contributed by atoms with Crippen molar-refractivity contribution < 1.29 is 18.6 Å². The molecule has 1 N–H and O–H groups in total. The fourth-order valence-electron chi connectivity index (χ4n) is 2.80. The summed E-state index contributed by atoms with van der Waals surface area (Å²) in [4.78, 5) is 8.68. The third-order valence-electron chi connectivity index (χ3n) is 4.24. The molecule has 7 heteroatoms. The third kappa shape index (κ3) is 3.68. The van der Waals surface area contributed by atoms with Crippen molar-refractivity contribution in [2.75, 3.05) is 19.5 Å². The summed E-state index contributed by atoms with van der Waals surface area (Å²) in [6, 6.07) is 13.2. The summed E-state index contributed by atoms with van der Waals surface area (Å²) in [5, 5.41) is 4.15. The molecule has 0 radical (unpaired) electrons. The van der Waals surface area contributed by atoms with Crippen LogP contribution in [0.5, 0.6) is 17.2 Å². The van der Waals surface area contributed by atoms with Crippen molar-refractivity contribution in [1.29, 1.82) is 0 Å². The number of ether oxygens (including phenoxy) is 3. The van der Waals surface area contributed by atoms with Crippen LogP contribution in [-0.2, 0) is 6.61 Å². The molecular weight excluding hydrogens is 358 g/mol. The van der Waals surface area contributed by atoms with Crippen LogP contribution in [0.1, 0.15) is 5.56 Å². The van der Waals surface area contributed by atoms with E-state index in [1.165, 1.54) is 6.33 Å². The lowest BCUT2D eigenvalue weighted by Crippen LogP contribution is -1.98. The molecule has 0 aliphatic carbocycles. The van der Waals surface area contributed by atoms with Crippen LogP contribution in [0.2, 0.25) is 0 Å². The predicted octanol–water partition coefficient (Wildman–Crippen LogP) is 4.56. The molecule has 0 fully saturated rings. The number of aromatic nitrogens is 2. The zero-order valence-corrected chi connectivity index (χ0v) is 15.5. The van der Waals surface area contributed by atoms with Gasteiger partial charge in [0.2, 0.25) is 0 Å². The molecule has 4 rings (SSSR count). The topological polar surface area (TPSA) is 78.6 Å². The first-order chi connectivity index (χ1) is 13.8. The van der Waals surface area contributed by atoms with Crippen LogP contribution in [0.3, 0.4) is 0 Å². The van der Waals surface area contributed by atoms with Crippen LogP contribution >= 0.6 is 0 Å². The number of rotatable bonds is 7. The maximum absolute atomic E-state index is 5.74. The van der Waals surface area contributed by atoms with Crippen LogP contribution in [-0.4, -0.2) is 24.2 Å². The molecule has 0 spiro atoms. The molecule has 0 saturated carbocycles. The highest BCUT2D eigenvalue weighted by Gasteiger charge is 2.11. The fourth-order valence-corrected chi connectivity index (χ4v) is 2.80. The van der Waals surface area contributed by atoms with Crippen LogP contribution < -0.4 is 19.5 Å². The number of fused-ring (bicyclic) bond motifs is 1. The summed E-state index contributed by atoms with van der Waals surface area (Å²) in [7, 11) is 3.20. The molecule has 0 saturated heterocycles. The predicted molar refractivity (Wildman–Crippen MR) is 105 cm³/mol. The van der Waals surface area contributed by atoms with Crippen molar-refractivity contribution in [2.24, 2.45) is 0 Å². The first kappa shape index (κ1) is 17.7. The minimum atomic E-state index is 0.460. The van der Waals surface area contributed by atoms with Gasteiger partial charge in [0.05, 0.1) is 32.3 Å². The van der Waals surface area contributed by atoms with Crippen molar-refractivity contribution in [3.05, 3.63) is 66.9 Å². The highest BCUT2D eigenvalue weighted by molar-refractivity contribution is 5.93. The molecule has 142 valence electrons. The highest BCUT2D eigenvalue weighted by Crippen LogP contribution is 2.34. The Bertz CT molecular complexity index is 1060. The normalized spacial score (nSPS) is 10.6. The van der Waals surface area contributed by atoms with E-state index >= 15 is 0 Å². The number of nitrogens with one attached hydrogen (secondary N) is 1. The Kier molecular flexibility index (Phi) is 4.97. The number of hydrogen-bond acceptors (Lipinski definition) is 7. The quantitative estimate of drug-likeness (QED) is 0.506. The van der Waals surface area contributed by atoms with Gasteiger partial charge in [-0.25, -0.2) is 9.97 Å². The van der Waals surface area contributed by atoms with Gasteiger partial charge in [-0.1, -0.05) is 0 Å². The molecule has 2 aromatic carbocycles. The van der Waals surface area contributed by atoms with E-state index in [2.05, 4.69) is 15.3 Å². The zero-order chi connectivity index (χ0) is 19.3. The lowest BCUT2D eigenvalue weighted by Gasteiger charge is -2.12. The van der Waals surface area contributed by atoms with E-state index in [4.69, 9.17) is 18.6 Å². The Balaban J connectivity index is 1.54. The number of hydrogen-bond donors (Lipinski definition) is 1. The first-order valence-corrected chi connectivity index (χ1v) is 8.64. The van der Waals surface area contributed by atoms with E-state index in [0.717, 1.165) is 27.9 Å². The summed E-state index contributed by atoms with van der Waals surface area (Å²) in [6.07, 6.45) is 4.81. The van der Waals surface area contributed by atoms with Gasteiger partial charge in [-0.05, 0) is 36.4 Å². The lowest BCUT2D eigenvalue weighted by atomic mass is 10.2. The largest absolute Gasteiger partial charge is 0.493 e. The maximum atomic E-state index is 5.74. The van der Waals surface area contributed by atoms with Crippen LogP contribution in [0, 0.1) is 0 Å². The lowest BCUT2D eigenvalue weighted by molar-refractivity contribution is 0.305. The Morgan fingerprint density at radius 1 is 0.964 bits per heavy atom. The second-order valence-electron chi connectivity index (χ2n) is 6.02. The number of benzene rings is 2. The highest BCUT2D eigenvalue weighted by atomic mass is 16.5. The molecule has 0 aliphatic rings. The number of furan rings is 1. The molecule has 0 unspecified atom stereocenters. The summed E-state index contributed by atoms with van der Waals surface area (Å²) < 4.78 is 21.5. The van der Waals surface area contributed by atoms with E-state index in [1.807, 2.05) is 42.5 Å². The second kappa shape index (κ2) is 7.87. The second-order valence-corrected chi connectivity index (χ2v) is 6.02. The Labute approximate surface area is 161 Å². The van der Waals surface area contributed by atoms with Gasteiger partial charge in [0.25, 0.3) is 0 Å². The zero-order valence-electron chi connectivity index (χ0n) is 15.5. The van der Waals surface area contributed by atoms with Gasteiger partial charge < -0.3 is 23.9 Å². The summed E-state index contributed by atoms with van der Waals surface area (Å²) in [5.74, 6) is 2.69. The van der Waals surface area contributed by atoms with Gasteiger partial charge in [-0.15, -0.1) is 0 Å². The first-order valence-electron chi connectivity index (χ1n) is 8.64. The van der Waals surface area contributed by atoms with Crippen molar-refractivity contribution in [1.82, 2.24) is 9.97 Å². The van der Waals surface area contributed by atoms with E-state index in [0.29, 0.717) is 23.9 Å². The van der Waals surface area contributed by atoms with Gasteiger partial charge in [0.1, 0.15) is 24.5 Å². The van der Waals surface area contributed by atoms with Crippen LogP contribution in [0.4, 0.5) is 11.5 Å². The Morgan fingerprint density at radius 2 is 1.75 bits per heavy atom. The van der Waals surface area contributed by atoms with Crippen molar-refractivity contribution >= 4 is 22.4 Å².